The number of carbonyl (C=O) groups is 2. The molecule has 1 aromatic carbocycles. The zero-order chi connectivity index (χ0) is 31.6. The quantitative estimate of drug-likeness (QED) is 0.147. The maximum absolute atomic E-state index is 13.2. The first-order chi connectivity index (χ1) is 21.0. The van der Waals surface area contributed by atoms with E-state index in [2.05, 4.69) is 16.8 Å². The largest absolute Gasteiger partial charge is 0.493 e. The van der Waals surface area contributed by atoms with Crippen molar-refractivity contribution in [2.75, 3.05) is 43.1 Å². The number of hydrogen-bond acceptors (Lipinski definition) is 7. The number of aromatic nitrogens is 2. The highest BCUT2D eigenvalue weighted by Gasteiger charge is 2.45. The highest BCUT2D eigenvalue weighted by molar-refractivity contribution is 6.20. The number of fused-ring (bicyclic) bond motifs is 2. The van der Waals surface area contributed by atoms with Crippen molar-refractivity contribution in [3.05, 3.63) is 82.2 Å². The fourth-order valence-electron chi connectivity index (χ4n) is 5.84. The second-order valence-electron chi connectivity index (χ2n) is 11.9. The number of rotatable bonds is 11. The molecule has 1 aliphatic rings. The van der Waals surface area contributed by atoms with Crippen LogP contribution >= 0.6 is 24.8 Å². The molecule has 0 saturated carbocycles. The predicted molar refractivity (Wildman–Crippen MR) is 186 cm³/mol. The number of nitrogens with zero attached hydrogens (tertiary/aromatic N) is 5. The fourth-order valence-corrected chi connectivity index (χ4v) is 5.84. The molecule has 1 aliphatic heterocycles. The number of amides is 2. The van der Waals surface area contributed by atoms with Crippen LogP contribution in [0.5, 0.6) is 5.75 Å². The maximum atomic E-state index is 13.2. The van der Waals surface area contributed by atoms with Crippen LogP contribution < -0.4 is 20.1 Å². The molecule has 0 atom stereocenters. The van der Waals surface area contributed by atoms with Crippen molar-refractivity contribution < 1.29 is 18.7 Å². The van der Waals surface area contributed by atoms with Gasteiger partial charge in [-0.2, -0.15) is 0 Å². The maximum Gasteiger partial charge on any atom is 0.261 e. The molecule has 10 nitrogen and oxygen atoms in total. The van der Waals surface area contributed by atoms with E-state index in [1.165, 1.54) is 17.4 Å². The van der Waals surface area contributed by atoms with E-state index in [1.807, 2.05) is 50.4 Å². The number of benzene rings is 1. The summed E-state index contributed by atoms with van der Waals surface area (Å²) in [5, 5.41) is 0.578. The van der Waals surface area contributed by atoms with Crippen LogP contribution in [0.15, 0.2) is 64.3 Å². The molecule has 5 rings (SSSR count). The summed E-state index contributed by atoms with van der Waals surface area (Å²) >= 11 is 0. The van der Waals surface area contributed by atoms with Crippen molar-refractivity contribution in [2.45, 2.75) is 54.1 Å². The van der Waals surface area contributed by atoms with E-state index in [-0.39, 0.29) is 42.2 Å². The number of pyridine rings is 2. The normalized spacial score (nSPS) is 14.2. The number of aryl methyl sites for hydroxylation is 2. The number of furan rings is 1. The Morgan fingerprint density at radius 1 is 0.978 bits per heavy atom. The van der Waals surface area contributed by atoms with Gasteiger partial charge in [0.05, 0.1) is 29.6 Å². The van der Waals surface area contributed by atoms with E-state index >= 15 is 0 Å². The third kappa shape index (κ3) is 7.24. The Bertz CT molecular complexity index is 1730. The highest BCUT2D eigenvalue weighted by Crippen LogP contribution is 2.40. The van der Waals surface area contributed by atoms with Gasteiger partial charge >= 0.3 is 0 Å². The molecule has 3 aromatic heterocycles. The molecule has 2 amide bonds. The first-order valence-corrected chi connectivity index (χ1v) is 15.1. The average molecular weight is 673 g/mol. The minimum absolute atomic E-state index is 0. The molecule has 0 fully saturated rings. The zero-order valence-corrected chi connectivity index (χ0v) is 28.9. The Balaban J connectivity index is 0.00000288. The lowest BCUT2D eigenvalue weighted by Gasteiger charge is -2.27. The Morgan fingerprint density at radius 3 is 2.46 bits per heavy atom. The number of anilines is 2. The Labute approximate surface area is 282 Å². The molecule has 4 heterocycles. The molecule has 0 radical (unpaired) electrons. The topological polar surface area (TPSA) is 101 Å². The Morgan fingerprint density at radius 2 is 1.74 bits per heavy atom. The van der Waals surface area contributed by atoms with E-state index in [0.717, 1.165) is 18.7 Å². The average Bonchev–Trinajstić information content (AvgIpc) is 3.48. The van der Waals surface area contributed by atoms with Gasteiger partial charge in [0.1, 0.15) is 16.7 Å². The van der Waals surface area contributed by atoms with Gasteiger partial charge < -0.3 is 23.5 Å². The SMILES string of the molecule is CCN1C(=O)C(C)(C)C(=O)N(C)c2cc(OCCCN(CCn3ccc4occc4c3=O)Cc3c(C)ccnc3C)ccc21.Cl.Cl. The van der Waals surface area contributed by atoms with Crippen molar-refractivity contribution in [1.82, 2.24) is 14.5 Å². The molecule has 4 aromatic rings. The third-order valence-corrected chi connectivity index (χ3v) is 8.56. The molecule has 0 spiro atoms. The van der Waals surface area contributed by atoms with Gasteiger partial charge in [0.15, 0.2) is 0 Å². The van der Waals surface area contributed by atoms with Crippen LogP contribution in [0.1, 0.15) is 44.0 Å². The van der Waals surface area contributed by atoms with Gasteiger partial charge in [-0.25, -0.2) is 0 Å². The summed E-state index contributed by atoms with van der Waals surface area (Å²) in [7, 11) is 1.70. The highest BCUT2D eigenvalue weighted by atomic mass is 35.5. The molecule has 0 bridgehead atoms. The first kappa shape index (κ1) is 36.6. The van der Waals surface area contributed by atoms with Gasteiger partial charge in [0.25, 0.3) is 5.56 Å². The predicted octanol–water partition coefficient (Wildman–Crippen LogP) is 5.78. The van der Waals surface area contributed by atoms with Crippen molar-refractivity contribution in [3.63, 3.8) is 0 Å². The van der Waals surface area contributed by atoms with E-state index in [1.54, 1.807) is 47.5 Å². The van der Waals surface area contributed by atoms with Crippen LogP contribution in [0.4, 0.5) is 11.4 Å². The van der Waals surface area contributed by atoms with Gasteiger partial charge in [0, 0.05) is 63.9 Å². The summed E-state index contributed by atoms with van der Waals surface area (Å²) in [5.74, 6) is 0.173. The van der Waals surface area contributed by atoms with Crippen LogP contribution in [0, 0.1) is 19.3 Å². The standard InChI is InChI=1S/C34H41N5O5.2ClH/c1-7-39-28-10-9-25(21-29(28)36(6)32(41)34(4,5)33(39)42)43-19-8-15-37(22-27-23(2)11-14-35-24(27)3)17-18-38-16-12-30-26(31(38)40)13-20-44-30;;/h9-14,16,20-21H,7-8,15,17-19,22H2,1-6H3;2*1H. The number of halogens is 2. The van der Waals surface area contributed by atoms with E-state index in [0.29, 0.717) is 60.9 Å². The summed E-state index contributed by atoms with van der Waals surface area (Å²) in [4.78, 5) is 49.3. The first-order valence-electron chi connectivity index (χ1n) is 15.1. The van der Waals surface area contributed by atoms with Crippen molar-refractivity contribution in [1.29, 1.82) is 0 Å². The minimum Gasteiger partial charge on any atom is -0.493 e. The minimum atomic E-state index is -1.16. The second kappa shape index (κ2) is 15.2. The summed E-state index contributed by atoms with van der Waals surface area (Å²) in [5.41, 5.74) is 4.08. The number of carbonyl (C=O) groups excluding carboxylic acids is 2. The lowest BCUT2D eigenvalue weighted by atomic mass is 9.90. The summed E-state index contributed by atoms with van der Waals surface area (Å²) < 4.78 is 13.3. The van der Waals surface area contributed by atoms with Crippen molar-refractivity contribution in [2.24, 2.45) is 5.41 Å². The van der Waals surface area contributed by atoms with E-state index in [9.17, 15) is 14.4 Å². The molecule has 248 valence electrons. The van der Waals surface area contributed by atoms with Crippen LogP contribution in [0.2, 0.25) is 0 Å². The molecule has 0 unspecified atom stereocenters. The zero-order valence-electron chi connectivity index (χ0n) is 27.2. The molecular weight excluding hydrogens is 629 g/mol. The summed E-state index contributed by atoms with van der Waals surface area (Å²) in [6, 6.07) is 11.1. The summed E-state index contributed by atoms with van der Waals surface area (Å²) in [6.45, 7) is 12.9. The molecule has 0 saturated heterocycles. The van der Waals surface area contributed by atoms with E-state index in [4.69, 9.17) is 9.15 Å². The summed E-state index contributed by atoms with van der Waals surface area (Å²) in [6.07, 6.45) is 5.89. The Kier molecular flexibility index (Phi) is 12.1. The van der Waals surface area contributed by atoms with Crippen LogP contribution in [-0.4, -0.2) is 59.6 Å². The van der Waals surface area contributed by atoms with Gasteiger partial charge in [-0.05, 0) is 82.5 Å². The lowest BCUT2D eigenvalue weighted by Crippen LogP contribution is -2.47. The lowest BCUT2D eigenvalue weighted by molar-refractivity contribution is -0.137. The van der Waals surface area contributed by atoms with Gasteiger partial charge in [-0.1, -0.05) is 0 Å². The molecule has 46 heavy (non-hydrogen) atoms. The second-order valence-corrected chi connectivity index (χ2v) is 11.9. The van der Waals surface area contributed by atoms with Gasteiger partial charge in [-0.15, -0.1) is 24.8 Å². The van der Waals surface area contributed by atoms with Gasteiger partial charge in [0.2, 0.25) is 11.8 Å². The number of hydrogen-bond donors (Lipinski definition) is 0. The van der Waals surface area contributed by atoms with Crippen LogP contribution in [0.3, 0.4) is 0 Å². The number of ether oxygens (including phenoxy) is 1. The van der Waals surface area contributed by atoms with Crippen molar-refractivity contribution >= 4 is 59.0 Å². The molecule has 0 aliphatic carbocycles. The molecule has 12 heteroatoms. The van der Waals surface area contributed by atoms with Crippen LogP contribution in [-0.2, 0) is 22.7 Å². The van der Waals surface area contributed by atoms with Crippen molar-refractivity contribution in [3.8, 4) is 5.75 Å². The molecular formula is C34H43Cl2N5O5. The third-order valence-electron chi connectivity index (χ3n) is 8.56. The smallest absolute Gasteiger partial charge is 0.261 e. The Hall–Kier alpha value is -3.86. The monoisotopic (exact) mass is 671 g/mol. The fraction of sp³-hybridized carbons (Fsp3) is 0.412. The van der Waals surface area contributed by atoms with E-state index < -0.39 is 5.41 Å². The molecule has 0 N–H and O–H groups in total. The van der Waals surface area contributed by atoms with Gasteiger partial charge in [-0.3, -0.25) is 24.3 Å². The van der Waals surface area contributed by atoms with Crippen LogP contribution in [0.25, 0.3) is 11.0 Å².